The average Bonchev–Trinajstić information content (AvgIpc) is 2.88. The van der Waals surface area contributed by atoms with Crippen LogP contribution in [0.15, 0.2) is 71.3 Å². The van der Waals surface area contributed by atoms with Gasteiger partial charge in [-0.05, 0) is 67.4 Å². The fourth-order valence-corrected chi connectivity index (χ4v) is 5.11. The van der Waals surface area contributed by atoms with E-state index >= 15 is 0 Å². The Balaban J connectivity index is 2.15. The maximum atomic E-state index is 12.5. The van der Waals surface area contributed by atoms with Crippen LogP contribution < -0.4 is 5.73 Å². The van der Waals surface area contributed by atoms with Crippen LogP contribution in [-0.2, 0) is 14.3 Å². The number of halogens is 1. The Hall–Kier alpha value is -3.08. The van der Waals surface area contributed by atoms with Crippen LogP contribution in [-0.4, -0.2) is 29.4 Å². The first-order chi connectivity index (χ1) is 19.3. The van der Waals surface area contributed by atoms with Crippen molar-refractivity contribution in [2.24, 2.45) is 28.9 Å². The smallest absolute Gasteiger partial charge is 0.404 e. The van der Waals surface area contributed by atoms with Gasteiger partial charge in [0, 0.05) is 21.9 Å². The molecule has 3 N–H and O–H groups in total. The zero-order valence-electron chi connectivity index (χ0n) is 25.0. The normalized spacial score (nSPS) is 26.8. The standard InChI is InChI=1S/C34H44BrNO5/c1-23-13-11-17-30(37)41-29(25(3)19-18-24(2)22-27(21-23)40-33(36)39)16-9-7-8-10-20-34(5,6)32(38)28-15-12-14-26(4)31(28)35/h9-12,14-20,23-25,27,29,32,38H,13,21-22H2,1-6H3,(H2,36,39)/b16-9+,17-11-,19-18+,20-10+/t23-,24+,25?,27-,29-,32+/m1/s1. The Kier molecular flexibility index (Phi) is 13.6. The summed E-state index contributed by atoms with van der Waals surface area (Å²) in [5.74, 6) is 5.78. The highest BCUT2D eigenvalue weighted by Gasteiger charge is 2.28. The molecular formula is C34H44BrNO5. The molecule has 0 saturated heterocycles. The summed E-state index contributed by atoms with van der Waals surface area (Å²) in [4.78, 5) is 23.9. The molecule has 0 fully saturated rings. The molecule has 1 amide bonds. The molecular weight excluding hydrogens is 582 g/mol. The number of aliphatic hydroxyl groups is 1. The molecule has 0 aliphatic carbocycles. The van der Waals surface area contributed by atoms with Crippen molar-refractivity contribution in [3.8, 4) is 11.8 Å². The van der Waals surface area contributed by atoms with Crippen LogP contribution in [0.3, 0.4) is 0 Å². The predicted molar refractivity (Wildman–Crippen MR) is 168 cm³/mol. The number of amides is 1. The topological polar surface area (TPSA) is 98.8 Å². The number of ether oxygens (including phenoxy) is 2. The van der Waals surface area contributed by atoms with Gasteiger partial charge in [-0.3, -0.25) is 0 Å². The van der Waals surface area contributed by atoms with Gasteiger partial charge >= 0.3 is 12.1 Å². The summed E-state index contributed by atoms with van der Waals surface area (Å²) >= 11 is 3.59. The molecule has 1 aromatic rings. The molecule has 6 nitrogen and oxygen atoms in total. The Labute approximate surface area is 253 Å². The van der Waals surface area contributed by atoms with Gasteiger partial charge in [0.25, 0.3) is 0 Å². The molecule has 1 unspecified atom stereocenters. The van der Waals surface area contributed by atoms with Crippen LogP contribution in [0.1, 0.15) is 71.1 Å². The summed E-state index contributed by atoms with van der Waals surface area (Å²) in [7, 11) is 0. The molecule has 2 rings (SSSR count). The van der Waals surface area contributed by atoms with Gasteiger partial charge in [0.05, 0.1) is 6.10 Å². The minimum Gasteiger partial charge on any atom is -0.454 e. The summed E-state index contributed by atoms with van der Waals surface area (Å²) in [6.07, 6.45) is 14.1. The fraction of sp³-hybridized carbons (Fsp3) is 0.471. The van der Waals surface area contributed by atoms with E-state index in [1.54, 1.807) is 24.3 Å². The number of cyclic esters (lactones) is 1. The lowest BCUT2D eigenvalue weighted by Crippen LogP contribution is -2.26. The van der Waals surface area contributed by atoms with E-state index in [4.69, 9.17) is 15.2 Å². The first kappa shape index (κ1) is 34.1. The monoisotopic (exact) mass is 625 g/mol. The van der Waals surface area contributed by atoms with Crippen molar-refractivity contribution in [3.63, 3.8) is 0 Å². The minimum atomic E-state index is -0.771. The first-order valence-corrected chi connectivity index (χ1v) is 14.9. The number of carbonyl (C=O) groups excluding carboxylic acids is 2. The van der Waals surface area contributed by atoms with Crippen LogP contribution in [0.4, 0.5) is 4.79 Å². The maximum absolute atomic E-state index is 12.5. The molecule has 6 atom stereocenters. The lowest BCUT2D eigenvalue weighted by atomic mass is 9.82. The second-order valence-electron chi connectivity index (χ2n) is 11.6. The molecule has 0 spiro atoms. The number of rotatable bonds is 5. The molecule has 0 radical (unpaired) electrons. The van der Waals surface area contributed by atoms with Gasteiger partial charge in [0.2, 0.25) is 0 Å². The van der Waals surface area contributed by atoms with Crippen molar-refractivity contribution >= 4 is 28.0 Å². The van der Waals surface area contributed by atoms with E-state index in [1.165, 1.54) is 6.08 Å². The fourth-order valence-electron chi connectivity index (χ4n) is 4.63. The van der Waals surface area contributed by atoms with E-state index in [9.17, 15) is 14.7 Å². The number of aryl methyl sites for hydroxylation is 1. The number of hydrogen-bond acceptors (Lipinski definition) is 5. The zero-order valence-corrected chi connectivity index (χ0v) is 26.6. The SMILES string of the molecule is Cc1cccc([C@H](O)C(C)(C)/C=C/C#C/C=C/[C@H]2OC(=O)/C=C\C[C@@H](C)C[C@@H](OC(N)=O)C[C@@H](C)/C=C/C2C)c1Br. The lowest BCUT2D eigenvalue weighted by molar-refractivity contribution is -0.142. The third-order valence-corrected chi connectivity index (χ3v) is 8.24. The van der Waals surface area contributed by atoms with Crippen molar-refractivity contribution < 1.29 is 24.2 Å². The summed E-state index contributed by atoms with van der Waals surface area (Å²) in [6.45, 7) is 12.0. The first-order valence-electron chi connectivity index (χ1n) is 14.1. The number of benzene rings is 1. The van der Waals surface area contributed by atoms with Crippen molar-refractivity contribution in [2.75, 3.05) is 0 Å². The average molecular weight is 627 g/mol. The van der Waals surface area contributed by atoms with Crippen LogP contribution >= 0.6 is 15.9 Å². The number of hydrogen-bond donors (Lipinski definition) is 2. The van der Waals surface area contributed by atoms with E-state index in [-0.39, 0.29) is 23.9 Å². The molecule has 1 aliphatic rings. The van der Waals surface area contributed by atoms with Crippen molar-refractivity contribution in [2.45, 2.75) is 79.1 Å². The van der Waals surface area contributed by atoms with E-state index < -0.39 is 29.7 Å². The second kappa shape index (κ2) is 16.4. The van der Waals surface area contributed by atoms with Crippen molar-refractivity contribution in [3.05, 3.63) is 82.4 Å². The summed E-state index contributed by atoms with van der Waals surface area (Å²) < 4.78 is 12.0. The van der Waals surface area contributed by atoms with Crippen LogP contribution in [0.5, 0.6) is 0 Å². The maximum Gasteiger partial charge on any atom is 0.404 e. The predicted octanol–water partition coefficient (Wildman–Crippen LogP) is 7.51. The van der Waals surface area contributed by atoms with Gasteiger partial charge in [-0.15, -0.1) is 0 Å². The molecule has 7 heteroatoms. The summed E-state index contributed by atoms with van der Waals surface area (Å²) in [5, 5.41) is 11.0. The number of aliphatic hydroxyl groups excluding tert-OH is 1. The molecule has 1 aliphatic heterocycles. The highest BCUT2D eigenvalue weighted by Crippen LogP contribution is 2.38. The number of primary amides is 1. The highest BCUT2D eigenvalue weighted by atomic mass is 79.9. The third kappa shape index (κ3) is 11.7. The van der Waals surface area contributed by atoms with Gasteiger partial charge in [-0.1, -0.05) is 105 Å². The largest absolute Gasteiger partial charge is 0.454 e. The Morgan fingerprint density at radius 3 is 2.61 bits per heavy atom. The Morgan fingerprint density at radius 1 is 1.20 bits per heavy atom. The van der Waals surface area contributed by atoms with Gasteiger partial charge in [-0.25, -0.2) is 9.59 Å². The number of esters is 1. The van der Waals surface area contributed by atoms with Gasteiger partial charge in [0.1, 0.15) is 12.2 Å². The molecule has 222 valence electrons. The number of allylic oxidation sites excluding steroid dienone is 4. The van der Waals surface area contributed by atoms with Gasteiger partial charge in [-0.2, -0.15) is 0 Å². The molecule has 1 heterocycles. The number of nitrogens with two attached hydrogens (primary N) is 1. The zero-order chi connectivity index (χ0) is 30.6. The number of carbonyl (C=O) groups is 2. The summed E-state index contributed by atoms with van der Waals surface area (Å²) in [6, 6.07) is 5.84. The molecule has 0 saturated carbocycles. The molecule has 1 aromatic carbocycles. The van der Waals surface area contributed by atoms with E-state index in [1.807, 2.05) is 65.0 Å². The molecule has 41 heavy (non-hydrogen) atoms. The van der Waals surface area contributed by atoms with Crippen LogP contribution in [0, 0.1) is 41.9 Å². The van der Waals surface area contributed by atoms with Crippen LogP contribution in [0.25, 0.3) is 0 Å². The quantitative estimate of drug-likeness (QED) is 0.200. The Morgan fingerprint density at radius 2 is 1.90 bits per heavy atom. The Bertz CT molecular complexity index is 1220. The molecule has 0 aromatic heterocycles. The van der Waals surface area contributed by atoms with Gasteiger partial charge in [0.15, 0.2) is 0 Å². The summed E-state index contributed by atoms with van der Waals surface area (Å²) in [5.41, 5.74) is 6.64. The van der Waals surface area contributed by atoms with Crippen molar-refractivity contribution in [1.82, 2.24) is 0 Å². The van der Waals surface area contributed by atoms with Crippen molar-refractivity contribution in [1.29, 1.82) is 0 Å². The van der Waals surface area contributed by atoms with Crippen LogP contribution in [0.2, 0.25) is 0 Å². The van der Waals surface area contributed by atoms with E-state index in [2.05, 4.69) is 40.8 Å². The third-order valence-electron chi connectivity index (χ3n) is 7.16. The van der Waals surface area contributed by atoms with Gasteiger partial charge < -0.3 is 20.3 Å². The van der Waals surface area contributed by atoms with E-state index in [0.717, 1.165) is 15.6 Å². The molecule has 0 bridgehead atoms. The minimum absolute atomic E-state index is 0.109. The highest BCUT2D eigenvalue weighted by molar-refractivity contribution is 9.10. The second-order valence-corrected chi connectivity index (χ2v) is 12.4. The lowest BCUT2D eigenvalue weighted by Gasteiger charge is -2.28. The van der Waals surface area contributed by atoms with E-state index in [0.29, 0.717) is 19.3 Å².